The maximum atomic E-state index is 12.6. The minimum Gasteiger partial charge on any atom is -0.493 e. The van der Waals surface area contributed by atoms with Gasteiger partial charge < -0.3 is 19.1 Å². The summed E-state index contributed by atoms with van der Waals surface area (Å²) in [6.07, 6.45) is 5.31. The minimum absolute atomic E-state index is 0.0587. The number of aryl methyl sites for hydroxylation is 1. The van der Waals surface area contributed by atoms with Gasteiger partial charge in [0.1, 0.15) is 0 Å². The lowest BCUT2D eigenvalue weighted by Gasteiger charge is -2.06. The molecule has 2 aromatic heterocycles. The van der Waals surface area contributed by atoms with Gasteiger partial charge in [-0.2, -0.15) is 4.57 Å². The molecule has 9 nitrogen and oxygen atoms in total. The number of imidazole rings is 1. The van der Waals surface area contributed by atoms with Crippen molar-refractivity contribution in [1.82, 2.24) is 18.7 Å². The van der Waals surface area contributed by atoms with Gasteiger partial charge in [-0.3, -0.25) is 9.36 Å². The molecule has 0 fully saturated rings. The number of aliphatic hydroxyl groups is 1. The van der Waals surface area contributed by atoms with Crippen LogP contribution in [0.3, 0.4) is 0 Å². The van der Waals surface area contributed by atoms with Gasteiger partial charge >= 0.3 is 5.69 Å². The van der Waals surface area contributed by atoms with Crippen molar-refractivity contribution in [3.8, 4) is 35.8 Å². The number of hydrogen-bond donors (Lipinski definition) is 1. The van der Waals surface area contributed by atoms with Gasteiger partial charge in [0.25, 0.3) is 5.56 Å². The van der Waals surface area contributed by atoms with Crippen molar-refractivity contribution in [3.63, 3.8) is 0 Å². The fraction of sp³-hybridized carbons (Fsp3) is 0.250. The number of methoxy groups -OCH3 is 2. The first-order chi connectivity index (χ1) is 14.0. The van der Waals surface area contributed by atoms with E-state index in [1.165, 1.54) is 18.8 Å². The number of benzene rings is 1. The third-order valence-electron chi connectivity index (χ3n) is 4.32. The van der Waals surface area contributed by atoms with E-state index in [9.17, 15) is 14.7 Å². The van der Waals surface area contributed by atoms with Gasteiger partial charge in [0.2, 0.25) is 0 Å². The molecule has 0 amide bonds. The second kappa shape index (κ2) is 7.97. The minimum atomic E-state index is -0.739. The van der Waals surface area contributed by atoms with Crippen LogP contribution in [-0.2, 0) is 13.6 Å². The Hall–Kier alpha value is -3.95. The van der Waals surface area contributed by atoms with E-state index in [0.29, 0.717) is 21.6 Å². The average Bonchev–Trinajstić information content (AvgIpc) is 3.06. The third-order valence-corrected chi connectivity index (χ3v) is 4.32. The summed E-state index contributed by atoms with van der Waals surface area (Å²) in [4.78, 5) is 29.3. The van der Waals surface area contributed by atoms with E-state index in [4.69, 9.17) is 15.9 Å². The summed E-state index contributed by atoms with van der Waals surface area (Å²) < 4.78 is 13.7. The zero-order valence-corrected chi connectivity index (χ0v) is 16.1. The van der Waals surface area contributed by atoms with Gasteiger partial charge in [-0.1, -0.05) is 12.3 Å². The number of fused-ring (bicyclic) bond motifs is 1. The van der Waals surface area contributed by atoms with Crippen LogP contribution < -0.4 is 20.7 Å². The second-order valence-electron chi connectivity index (χ2n) is 5.91. The van der Waals surface area contributed by atoms with E-state index in [0.717, 1.165) is 4.57 Å². The Morgan fingerprint density at radius 3 is 2.52 bits per heavy atom. The van der Waals surface area contributed by atoms with Crippen molar-refractivity contribution < 1.29 is 14.6 Å². The Labute approximate surface area is 165 Å². The molecule has 1 aromatic carbocycles. The van der Waals surface area contributed by atoms with Crippen LogP contribution >= 0.6 is 0 Å². The smallest absolute Gasteiger partial charge is 0.344 e. The molecule has 0 saturated carbocycles. The largest absolute Gasteiger partial charge is 0.493 e. The van der Waals surface area contributed by atoms with Gasteiger partial charge in [-0.25, -0.2) is 9.78 Å². The quantitative estimate of drug-likeness (QED) is 0.613. The summed E-state index contributed by atoms with van der Waals surface area (Å²) in [6.45, 7) is -0.377. The van der Waals surface area contributed by atoms with E-state index in [1.807, 2.05) is 0 Å². The highest BCUT2D eigenvalue weighted by Gasteiger charge is 2.18. The summed E-state index contributed by atoms with van der Waals surface area (Å²) in [5, 5.41) is 9.27. The van der Waals surface area contributed by atoms with Crippen LogP contribution in [0.25, 0.3) is 11.2 Å². The monoisotopic (exact) mass is 394 g/mol. The molecule has 0 bridgehead atoms. The van der Waals surface area contributed by atoms with E-state index in [-0.39, 0.29) is 30.1 Å². The number of rotatable bonds is 4. The van der Waals surface area contributed by atoms with E-state index >= 15 is 0 Å². The number of ether oxygens (including phenoxy) is 2. The maximum Gasteiger partial charge on any atom is 0.344 e. The Morgan fingerprint density at radius 1 is 1.17 bits per heavy atom. The lowest BCUT2D eigenvalue weighted by Crippen LogP contribution is -2.39. The van der Waals surface area contributed by atoms with Crippen LogP contribution in [0.2, 0.25) is 0 Å². The van der Waals surface area contributed by atoms with Crippen LogP contribution in [0.1, 0.15) is 11.4 Å². The fourth-order valence-corrected chi connectivity index (χ4v) is 2.88. The highest BCUT2D eigenvalue weighted by Crippen LogP contribution is 2.27. The van der Waals surface area contributed by atoms with Crippen LogP contribution in [0.5, 0.6) is 11.5 Å². The Balaban J connectivity index is 2.20. The lowest BCUT2D eigenvalue weighted by atomic mass is 10.2. The molecule has 0 radical (unpaired) electrons. The van der Waals surface area contributed by atoms with E-state index in [2.05, 4.69) is 22.9 Å². The summed E-state index contributed by atoms with van der Waals surface area (Å²) in [5.41, 5.74) is -0.539. The molecule has 148 valence electrons. The number of terminal acetylenes is 1. The summed E-state index contributed by atoms with van der Waals surface area (Å²) in [5.74, 6) is 7.19. The number of nitrogens with zero attached hydrogens (tertiary/aromatic N) is 4. The molecule has 0 atom stereocenters. The van der Waals surface area contributed by atoms with Crippen LogP contribution in [0, 0.1) is 24.3 Å². The normalized spacial score (nSPS) is 10.3. The zero-order valence-electron chi connectivity index (χ0n) is 16.1. The van der Waals surface area contributed by atoms with Crippen molar-refractivity contribution in [3.05, 3.63) is 50.4 Å². The lowest BCUT2D eigenvalue weighted by molar-refractivity contribution is 0.274. The standard InChI is InChI=1S/C20H18N4O5/c1-5-23-19(26)17-18(24(10-11-25)20(23)27)21-16(22(17)2)9-7-13-6-8-14(28-3)15(12-13)29-4/h1,6,8,12,25H,10-11H2,2-4H3. The molecule has 0 saturated heterocycles. The molecule has 3 rings (SSSR count). The molecular weight excluding hydrogens is 376 g/mol. The molecule has 0 aliphatic heterocycles. The summed E-state index contributed by atoms with van der Waals surface area (Å²) >= 11 is 0. The molecular formula is C20H18N4O5. The number of hydrogen-bond acceptors (Lipinski definition) is 6. The first kappa shape index (κ1) is 19.8. The molecule has 9 heteroatoms. The number of aliphatic hydroxyl groups excluding tert-OH is 1. The van der Waals surface area contributed by atoms with Gasteiger partial charge in [0, 0.05) is 18.7 Å². The average molecular weight is 394 g/mol. The SMILES string of the molecule is C#Cn1c(=O)c2c(nc(C#Cc3ccc(OC)c(OC)c3)n2C)n(CCO)c1=O. The Bertz CT molecular complexity index is 1310. The molecule has 0 aliphatic carbocycles. The predicted molar refractivity (Wildman–Crippen MR) is 106 cm³/mol. The molecule has 3 aromatic rings. The highest BCUT2D eigenvalue weighted by atomic mass is 16.5. The second-order valence-corrected chi connectivity index (χ2v) is 5.91. The summed E-state index contributed by atoms with van der Waals surface area (Å²) in [7, 11) is 4.67. The van der Waals surface area contributed by atoms with Crippen molar-refractivity contribution in [2.75, 3.05) is 20.8 Å². The van der Waals surface area contributed by atoms with E-state index < -0.39 is 11.2 Å². The third kappa shape index (κ3) is 3.35. The first-order valence-electron chi connectivity index (χ1n) is 8.50. The molecule has 0 unspecified atom stereocenters. The Kier molecular flexibility index (Phi) is 5.44. The maximum absolute atomic E-state index is 12.6. The van der Waals surface area contributed by atoms with Gasteiger partial charge in [0.05, 0.1) is 27.4 Å². The molecule has 2 heterocycles. The van der Waals surface area contributed by atoms with Crippen molar-refractivity contribution in [1.29, 1.82) is 0 Å². The van der Waals surface area contributed by atoms with Crippen molar-refractivity contribution in [2.24, 2.45) is 7.05 Å². The van der Waals surface area contributed by atoms with Crippen molar-refractivity contribution >= 4 is 11.2 Å². The molecule has 29 heavy (non-hydrogen) atoms. The van der Waals surface area contributed by atoms with Crippen LogP contribution in [0.15, 0.2) is 27.8 Å². The van der Waals surface area contributed by atoms with Gasteiger partial charge in [-0.05, 0) is 24.1 Å². The molecule has 0 aliphatic rings. The predicted octanol–water partition coefficient (Wildman–Crippen LogP) is -0.255. The topological polar surface area (TPSA) is 101 Å². The highest BCUT2D eigenvalue weighted by molar-refractivity contribution is 5.72. The zero-order chi connectivity index (χ0) is 21.1. The van der Waals surface area contributed by atoms with Gasteiger partial charge in [-0.15, -0.1) is 0 Å². The first-order valence-corrected chi connectivity index (χ1v) is 8.50. The number of aromatic nitrogens is 4. The van der Waals surface area contributed by atoms with Crippen molar-refractivity contribution in [2.45, 2.75) is 6.54 Å². The molecule has 1 N–H and O–H groups in total. The Morgan fingerprint density at radius 2 is 1.90 bits per heavy atom. The van der Waals surface area contributed by atoms with Crippen LogP contribution in [0.4, 0.5) is 0 Å². The molecule has 0 spiro atoms. The van der Waals surface area contributed by atoms with Gasteiger partial charge in [0.15, 0.2) is 28.5 Å². The van der Waals surface area contributed by atoms with Crippen LogP contribution in [-0.4, -0.2) is 44.6 Å². The fourth-order valence-electron chi connectivity index (χ4n) is 2.88. The summed E-state index contributed by atoms with van der Waals surface area (Å²) in [6, 6.07) is 7.25. The van der Waals surface area contributed by atoms with E-state index in [1.54, 1.807) is 25.2 Å².